The van der Waals surface area contributed by atoms with E-state index in [1.165, 1.54) is 25.7 Å². The summed E-state index contributed by atoms with van der Waals surface area (Å²) in [6.45, 7) is 4.84. The van der Waals surface area contributed by atoms with Gasteiger partial charge in [0, 0.05) is 29.7 Å². The van der Waals surface area contributed by atoms with Gasteiger partial charge in [-0.3, -0.25) is 4.98 Å². The van der Waals surface area contributed by atoms with Gasteiger partial charge in [-0.15, -0.1) is 0 Å². The molecule has 2 rings (SSSR count). The van der Waals surface area contributed by atoms with Gasteiger partial charge in [0.15, 0.2) is 0 Å². The maximum atomic E-state index is 13.7. The van der Waals surface area contributed by atoms with Crippen molar-refractivity contribution in [1.82, 2.24) is 9.29 Å². The lowest BCUT2D eigenvalue weighted by Gasteiger charge is -2.29. The van der Waals surface area contributed by atoms with Gasteiger partial charge in [0.05, 0.1) is 11.1 Å². The highest BCUT2D eigenvalue weighted by atomic mass is 32.2. The number of unbranched alkanes of at least 4 members (excludes halogenated alkanes) is 8. The van der Waals surface area contributed by atoms with Crippen LogP contribution in [0.15, 0.2) is 41.6 Å². The van der Waals surface area contributed by atoms with Crippen molar-refractivity contribution >= 4 is 20.8 Å². The van der Waals surface area contributed by atoms with Crippen LogP contribution in [0.5, 0.6) is 0 Å². The molecular formula is C24H39N3O2S. The van der Waals surface area contributed by atoms with Gasteiger partial charge >= 0.3 is 0 Å². The van der Waals surface area contributed by atoms with Crippen molar-refractivity contribution in [1.29, 1.82) is 0 Å². The molecule has 30 heavy (non-hydrogen) atoms. The molecule has 0 aliphatic rings. The van der Waals surface area contributed by atoms with E-state index in [0.717, 1.165) is 43.9 Å². The number of benzene rings is 1. The highest BCUT2D eigenvalue weighted by Crippen LogP contribution is 2.27. The third-order valence-corrected chi connectivity index (χ3v) is 7.67. The van der Waals surface area contributed by atoms with Gasteiger partial charge < -0.3 is 5.73 Å². The van der Waals surface area contributed by atoms with E-state index >= 15 is 0 Å². The summed E-state index contributed by atoms with van der Waals surface area (Å²) < 4.78 is 28.8. The summed E-state index contributed by atoms with van der Waals surface area (Å²) in [5.74, 6) is 0. The molecular weight excluding hydrogens is 394 g/mol. The third kappa shape index (κ3) is 7.03. The first kappa shape index (κ1) is 24.8. The maximum absolute atomic E-state index is 13.7. The van der Waals surface area contributed by atoms with Crippen molar-refractivity contribution in [3.05, 3.63) is 36.7 Å². The number of nitrogens with two attached hydrogens (primary N) is 1. The van der Waals surface area contributed by atoms with Crippen LogP contribution in [0.2, 0.25) is 0 Å². The molecule has 0 aliphatic carbocycles. The van der Waals surface area contributed by atoms with Crippen LogP contribution in [0.3, 0.4) is 0 Å². The normalized spacial score (nSPS) is 13.2. The van der Waals surface area contributed by atoms with Crippen molar-refractivity contribution < 1.29 is 8.42 Å². The lowest BCUT2D eigenvalue weighted by atomic mass is 10.1. The van der Waals surface area contributed by atoms with Crippen LogP contribution in [-0.4, -0.2) is 30.4 Å². The summed E-state index contributed by atoms with van der Waals surface area (Å²) in [5.41, 5.74) is 6.48. The fourth-order valence-electron chi connectivity index (χ4n) is 3.88. The lowest BCUT2D eigenvalue weighted by Crippen LogP contribution is -2.46. The molecule has 1 aromatic carbocycles. The topological polar surface area (TPSA) is 76.3 Å². The second kappa shape index (κ2) is 13.0. The average Bonchev–Trinajstić information content (AvgIpc) is 2.75. The molecule has 0 bridgehead atoms. The van der Waals surface area contributed by atoms with Gasteiger partial charge in [-0.25, -0.2) is 8.42 Å². The highest BCUT2D eigenvalue weighted by Gasteiger charge is 2.30. The van der Waals surface area contributed by atoms with Gasteiger partial charge in [0.1, 0.15) is 0 Å². The molecule has 0 aliphatic heterocycles. The Bertz CT molecular complexity index is 849. The summed E-state index contributed by atoms with van der Waals surface area (Å²) in [6.07, 6.45) is 14.6. The average molecular weight is 434 g/mol. The molecule has 6 heteroatoms. The summed E-state index contributed by atoms with van der Waals surface area (Å²) in [6, 6.07) is 7.14. The Morgan fingerprint density at radius 1 is 0.933 bits per heavy atom. The Morgan fingerprint density at radius 3 is 2.33 bits per heavy atom. The molecule has 1 aromatic heterocycles. The molecule has 1 atom stereocenters. The van der Waals surface area contributed by atoms with Crippen LogP contribution in [-0.2, 0) is 10.0 Å². The van der Waals surface area contributed by atoms with Crippen molar-refractivity contribution in [2.75, 3.05) is 6.54 Å². The van der Waals surface area contributed by atoms with E-state index in [0.29, 0.717) is 23.2 Å². The molecule has 0 amide bonds. The fraction of sp³-hybridized carbons (Fsp3) is 0.625. The van der Waals surface area contributed by atoms with E-state index < -0.39 is 16.2 Å². The number of hydrogen-bond acceptors (Lipinski definition) is 4. The molecule has 0 saturated carbocycles. The summed E-state index contributed by atoms with van der Waals surface area (Å²) >= 11 is 0. The minimum absolute atomic E-state index is 0.330. The van der Waals surface area contributed by atoms with Crippen LogP contribution in [0, 0.1) is 0 Å². The first-order chi connectivity index (χ1) is 14.5. The monoisotopic (exact) mass is 433 g/mol. The smallest absolute Gasteiger partial charge is 0.245 e. The zero-order chi connectivity index (χ0) is 21.8. The number of fused-ring (bicyclic) bond motifs is 1. The van der Waals surface area contributed by atoms with Crippen molar-refractivity contribution in [2.24, 2.45) is 5.73 Å². The van der Waals surface area contributed by atoms with E-state index in [-0.39, 0.29) is 0 Å². The van der Waals surface area contributed by atoms with E-state index in [1.54, 1.807) is 34.9 Å². The predicted octanol–water partition coefficient (Wildman–Crippen LogP) is 5.84. The maximum Gasteiger partial charge on any atom is 0.245 e. The Labute approximate surface area is 183 Å². The van der Waals surface area contributed by atoms with E-state index in [4.69, 9.17) is 5.73 Å². The molecule has 2 N–H and O–H groups in total. The van der Waals surface area contributed by atoms with Crippen molar-refractivity contribution in [3.8, 4) is 0 Å². The molecule has 1 unspecified atom stereocenters. The molecule has 168 valence electrons. The van der Waals surface area contributed by atoms with Crippen molar-refractivity contribution in [2.45, 2.75) is 95.5 Å². The third-order valence-electron chi connectivity index (χ3n) is 5.68. The van der Waals surface area contributed by atoms with Gasteiger partial charge in [0.25, 0.3) is 0 Å². The Morgan fingerprint density at radius 2 is 1.60 bits per heavy atom. The minimum Gasteiger partial charge on any atom is -0.315 e. The molecule has 2 aromatic rings. The SMILES string of the molecule is CCCCCCCCC(N)N(CCCCCC)S(=O)(=O)c1cccc2cnccc12. The molecule has 1 heterocycles. The van der Waals surface area contributed by atoms with Crippen LogP contribution in [0.4, 0.5) is 0 Å². The van der Waals surface area contributed by atoms with E-state index in [2.05, 4.69) is 18.8 Å². The number of nitrogens with zero attached hydrogens (tertiary/aromatic N) is 2. The predicted molar refractivity (Wildman–Crippen MR) is 126 cm³/mol. The van der Waals surface area contributed by atoms with Crippen LogP contribution in [0.1, 0.15) is 84.5 Å². The Kier molecular flexibility index (Phi) is 10.8. The fourth-order valence-corrected chi connectivity index (χ4v) is 5.68. The van der Waals surface area contributed by atoms with E-state index in [9.17, 15) is 8.42 Å². The Hall–Kier alpha value is -1.50. The zero-order valence-corrected chi connectivity index (χ0v) is 19.5. The lowest BCUT2D eigenvalue weighted by molar-refractivity contribution is 0.296. The first-order valence-corrected chi connectivity index (χ1v) is 13.1. The number of pyridine rings is 1. The second-order valence-electron chi connectivity index (χ2n) is 8.15. The van der Waals surface area contributed by atoms with Crippen LogP contribution in [0.25, 0.3) is 10.8 Å². The molecule has 0 spiro atoms. The number of hydrogen-bond donors (Lipinski definition) is 1. The number of aromatic nitrogens is 1. The second-order valence-corrected chi connectivity index (χ2v) is 10.0. The van der Waals surface area contributed by atoms with Crippen molar-refractivity contribution in [3.63, 3.8) is 0 Å². The zero-order valence-electron chi connectivity index (χ0n) is 18.7. The quantitative estimate of drug-likeness (QED) is 0.283. The molecule has 5 nitrogen and oxygen atoms in total. The largest absolute Gasteiger partial charge is 0.315 e. The molecule has 0 fully saturated rings. The standard InChI is InChI=1S/C24H39N3O2S/c1-3-5-7-9-10-11-16-24(25)27(19-12-8-6-4-2)30(28,29)23-15-13-14-21-20-26-18-17-22(21)23/h13-15,17-18,20,24H,3-12,16,19,25H2,1-2H3. The summed E-state index contributed by atoms with van der Waals surface area (Å²) in [4.78, 5) is 4.45. The van der Waals surface area contributed by atoms with Crippen LogP contribution < -0.4 is 5.73 Å². The molecule has 0 radical (unpaired) electrons. The van der Waals surface area contributed by atoms with Gasteiger partial charge in [-0.1, -0.05) is 83.8 Å². The van der Waals surface area contributed by atoms with Gasteiger partial charge in [-0.2, -0.15) is 4.31 Å². The number of rotatable bonds is 15. The summed E-state index contributed by atoms with van der Waals surface area (Å²) in [5, 5.41) is 1.53. The first-order valence-electron chi connectivity index (χ1n) is 11.6. The van der Waals surface area contributed by atoms with E-state index in [1.807, 2.05) is 6.07 Å². The van der Waals surface area contributed by atoms with Gasteiger partial charge in [0.2, 0.25) is 10.0 Å². The highest BCUT2D eigenvalue weighted by molar-refractivity contribution is 7.89. The van der Waals surface area contributed by atoms with Gasteiger partial charge in [-0.05, 0) is 25.0 Å². The summed E-state index contributed by atoms with van der Waals surface area (Å²) in [7, 11) is -3.68. The Balaban J connectivity index is 2.17. The minimum atomic E-state index is -3.68. The van der Waals surface area contributed by atoms with Crippen LogP contribution >= 0.6 is 0 Å². The molecule has 0 saturated heterocycles. The number of sulfonamides is 1.